The average molecular weight is 230 g/mol. The molecule has 0 aromatic heterocycles. The third-order valence-electron chi connectivity index (χ3n) is 2.32. The van der Waals surface area contributed by atoms with Gasteiger partial charge in [0.2, 0.25) is 0 Å². The minimum atomic E-state index is -0.315. The molecule has 0 saturated carbocycles. The molecule has 0 amide bonds. The molecule has 3 heteroatoms. The molecule has 16 heavy (non-hydrogen) atoms. The molecule has 2 aromatic rings. The van der Waals surface area contributed by atoms with Crippen molar-refractivity contribution in [1.29, 1.82) is 0 Å². The van der Waals surface area contributed by atoms with Crippen LogP contribution in [0.5, 0.6) is 5.75 Å². The molecule has 0 heterocycles. The molecule has 80 valence electrons. The summed E-state index contributed by atoms with van der Waals surface area (Å²) in [6, 6.07) is 17.9. The number of rotatable bonds is 4. The number of benzene rings is 2. The predicted octanol–water partition coefficient (Wildman–Crippen LogP) is 3.86. The van der Waals surface area contributed by atoms with Crippen molar-refractivity contribution in [2.75, 3.05) is 0 Å². The fourth-order valence-corrected chi connectivity index (χ4v) is 1.75. The lowest BCUT2D eigenvalue weighted by molar-refractivity contribution is 0.525. The third kappa shape index (κ3) is 2.91. The van der Waals surface area contributed by atoms with Gasteiger partial charge in [0, 0.05) is 0 Å². The lowest BCUT2D eigenvalue weighted by atomic mass is 10.1. The van der Waals surface area contributed by atoms with E-state index in [0.29, 0.717) is 5.75 Å². The van der Waals surface area contributed by atoms with Crippen molar-refractivity contribution in [3.8, 4) is 5.75 Å². The molecule has 0 bridgehead atoms. The summed E-state index contributed by atoms with van der Waals surface area (Å²) in [6.07, 6.45) is 0.899. The highest BCUT2D eigenvalue weighted by molar-refractivity contribution is 7.17. The first-order valence-electron chi connectivity index (χ1n) is 5.01. The minimum Gasteiger partial charge on any atom is -0.408 e. The largest absolute Gasteiger partial charge is 0.408 e. The van der Waals surface area contributed by atoms with Crippen molar-refractivity contribution in [3.63, 3.8) is 0 Å². The molecule has 2 rings (SSSR count). The highest BCUT2D eigenvalue weighted by atomic mass is 31.1. The Morgan fingerprint density at radius 1 is 0.875 bits per heavy atom. The van der Waals surface area contributed by atoms with Gasteiger partial charge in [-0.1, -0.05) is 42.5 Å². The fourth-order valence-electron chi connectivity index (χ4n) is 1.54. The lowest BCUT2D eigenvalue weighted by Crippen LogP contribution is -1.87. The van der Waals surface area contributed by atoms with Crippen molar-refractivity contribution >= 4 is 8.69 Å². The van der Waals surface area contributed by atoms with Crippen molar-refractivity contribution in [2.45, 2.75) is 6.42 Å². The second-order valence-corrected chi connectivity index (χ2v) is 3.80. The van der Waals surface area contributed by atoms with E-state index in [1.807, 2.05) is 42.5 Å². The van der Waals surface area contributed by atoms with Crippen molar-refractivity contribution in [2.24, 2.45) is 0 Å². The first kappa shape index (κ1) is 10.8. The van der Waals surface area contributed by atoms with Crippen molar-refractivity contribution in [1.82, 2.24) is 0 Å². The summed E-state index contributed by atoms with van der Waals surface area (Å²) in [5.41, 5.74) is 2.49. The van der Waals surface area contributed by atoms with E-state index in [1.165, 1.54) is 11.1 Å². The molecular weight excluding hydrogens is 219 g/mol. The fraction of sp³-hybridized carbons (Fsp3) is 0.0769. The van der Waals surface area contributed by atoms with Crippen LogP contribution in [-0.4, -0.2) is 0 Å². The van der Waals surface area contributed by atoms with Crippen molar-refractivity contribution < 1.29 is 9.09 Å². The molecule has 0 N–H and O–H groups in total. The second-order valence-electron chi connectivity index (χ2n) is 3.47. The maximum Gasteiger partial charge on any atom is 0.395 e. The molecule has 0 aliphatic rings. The van der Waals surface area contributed by atoms with Crippen LogP contribution in [0.4, 0.5) is 0 Å². The molecule has 0 spiro atoms. The summed E-state index contributed by atoms with van der Waals surface area (Å²) >= 11 is 0. The zero-order valence-corrected chi connectivity index (χ0v) is 9.56. The van der Waals surface area contributed by atoms with Crippen LogP contribution < -0.4 is 4.52 Å². The van der Waals surface area contributed by atoms with E-state index < -0.39 is 0 Å². The zero-order valence-electron chi connectivity index (χ0n) is 8.67. The Kier molecular flexibility index (Phi) is 3.68. The van der Waals surface area contributed by atoms with Gasteiger partial charge < -0.3 is 4.52 Å². The predicted molar refractivity (Wildman–Crippen MR) is 63.9 cm³/mol. The molecule has 0 radical (unpaired) electrons. The maximum absolute atomic E-state index is 10.2. The van der Waals surface area contributed by atoms with Gasteiger partial charge in [-0.05, 0) is 29.7 Å². The van der Waals surface area contributed by atoms with Gasteiger partial charge in [-0.15, -0.1) is 0 Å². The molecule has 0 fully saturated rings. The highest BCUT2D eigenvalue weighted by Crippen LogP contribution is 2.17. The van der Waals surface area contributed by atoms with Crippen LogP contribution in [0.1, 0.15) is 11.1 Å². The Bertz CT molecular complexity index is 451. The molecule has 0 unspecified atom stereocenters. The van der Waals surface area contributed by atoms with Crippen LogP contribution in [0.3, 0.4) is 0 Å². The van der Waals surface area contributed by atoms with E-state index >= 15 is 0 Å². The van der Waals surface area contributed by atoms with Gasteiger partial charge >= 0.3 is 8.69 Å². The Hall–Kier alpha value is -1.66. The topological polar surface area (TPSA) is 26.3 Å². The summed E-state index contributed by atoms with van der Waals surface area (Å²) in [4.78, 5) is 0. The van der Waals surface area contributed by atoms with Crippen LogP contribution in [0.2, 0.25) is 0 Å². The third-order valence-corrected chi connectivity index (χ3v) is 2.60. The quantitative estimate of drug-likeness (QED) is 0.745. The molecule has 0 saturated heterocycles. The molecule has 0 aliphatic heterocycles. The minimum absolute atomic E-state index is 0.315. The van der Waals surface area contributed by atoms with Gasteiger partial charge in [-0.2, -0.15) is 0 Å². The van der Waals surface area contributed by atoms with Gasteiger partial charge in [-0.3, -0.25) is 0 Å². The standard InChI is InChI=1S/C13H11O2P/c14-16-15-13-8-6-12(7-9-13)10-11-4-2-1-3-5-11/h1-9H,10H2. The van der Waals surface area contributed by atoms with Gasteiger partial charge in [0.15, 0.2) is 0 Å². The molecule has 0 aliphatic carbocycles. The lowest BCUT2D eigenvalue weighted by Gasteiger charge is -2.02. The smallest absolute Gasteiger partial charge is 0.395 e. The van der Waals surface area contributed by atoms with Gasteiger partial charge in [0.1, 0.15) is 5.75 Å². The summed E-state index contributed by atoms with van der Waals surface area (Å²) in [5.74, 6) is 0.619. The van der Waals surface area contributed by atoms with E-state index in [-0.39, 0.29) is 8.69 Å². The van der Waals surface area contributed by atoms with E-state index in [0.717, 1.165) is 6.42 Å². The van der Waals surface area contributed by atoms with E-state index in [4.69, 9.17) is 4.52 Å². The summed E-state index contributed by atoms with van der Waals surface area (Å²) in [5, 5.41) is 0. The van der Waals surface area contributed by atoms with Crippen LogP contribution in [0.15, 0.2) is 54.6 Å². The summed E-state index contributed by atoms with van der Waals surface area (Å²) < 4.78 is 15.1. The summed E-state index contributed by atoms with van der Waals surface area (Å²) in [7, 11) is -0.315. The van der Waals surface area contributed by atoms with Crippen LogP contribution in [0, 0.1) is 0 Å². The van der Waals surface area contributed by atoms with Gasteiger partial charge in [0.05, 0.1) is 0 Å². The van der Waals surface area contributed by atoms with Crippen LogP contribution in [0.25, 0.3) is 0 Å². The van der Waals surface area contributed by atoms with Gasteiger partial charge in [-0.25, -0.2) is 4.57 Å². The normalized spacial score (nSPS) is 10.2. The van der Waals surface area contributed by atoms with Crippen LogP contribution in [-0.2, 0) is 11.0 Å². The Labute approximate surface area is 96.2 Å². The number of hydrogen-bond donors (Lipinski definition) is 0. The molecule has 2 nitrogen and oxygen atoms in total. The average Bonchev–Trinajstić information content (AvgIpc) is 2.33. The molecule has 2 aromatic carbocycles. The monoisotopic (exact) mass is 230 g/mol. The first-order valence-corrected chi connectivity index (χ1v) is 5.74. The Morgan fingerprint density at radius 2 is 1.50 bits per heavy atom. The first-order chi connectivity index (χ1) is 7.88. The maximum atomic E-state index is 10.2. The Balaban J connectivity index is 2.08. The SMILES string of the molecule is O=POc1ccc(Cc2ccccc2)cc1. The van der Waals surface area contributed by atoms with E-state index in [1.54, 1.807) is 0 Å². The molecular formula is C13H11O2P. The highest BCUT2D eigenvalue weighted by Gasteiger charge is 1.97. The van der Waals surface area contributed by atoms with Crippen LogP contribution >= 0.6 is 8.69 Å². The Morgan fingerprint density at radius 3 is 2.12 bits per heavy atom. The van der Waals surface area contributed by atoms with Crippen molar-refractivity contribution in [3.05, 3.63) is 65.7 Å². The summed E-state index contributed by atoms with van der Waals surface area (Å²) in [6.45, 7) is 0. The molecule has 0 atom stereocenters. The van der Waals surface area contributed by atoms with E-state index in [2.05, 4.69) is 12.1 Å². The van der Waals surface area contributed by atoms with Gasteiger partial charge in [0.25, 0.3) is 0 Å². The second kappa shape index (κ2) is 5.43. The zero-order chi connectivity index (χ0) is 11.2. The van der Waals surface area contributed by atoms with E-state index in [9.17, 15) is 4.57 Å². The number of hydrogen-bond acceptors (Lipinski definition) is 2.